The number of hydrogen-bond donors (Lipinski definition) is 0. The molecule has 5 atom stereocenters. The molecule has 1 heterocycles. The summed E-state index contributed by atoms with van der Waals surface area (Å²) in [6, 6.07) is 8.88. The van der Waals surface area contributed by atoms with Gasteiger partial charge in [0.15, 0.2) is 20.7 Å². The van der Waals surface area contributed by atoms with Crippen molar-refractivity contribution >= 4 is 30.2 Å². The lowest BCUT2D eigenvalue weighted by Gasteiger charge is -2.44. The van der Waals surface area contributed by atoms with Gasteiger partial charge >= 0.3 is 5.97 Å². The molecule has 0 aromatic heterocycles. The molecule has 9 heteroatoms. The molecule has 7 nitrogen and oxygen atoms in total. The van der Waals surface area contributed by atoms with E-state index >= 15 is 0 Å². The average Bonchev–Trinajstić information content (AvgIpc) is 2.78. The molecule has 33 heavy (non-hydrogen) atoms. The lowest BCUT2D eigenvalue weighted by Crippen LogP contribution is -2.61. The Morgan fingerprint density at radius 1 is 1.03 bits per heavy atom. The molecule has 0 radical (unpaired) electrons. The van der Waals surface area contributed by atoms with E-state index in [1.165, 1.54) is 0 Å². The molecule has 0 N–H and O–H groups in total. The van der Waals surface area contributed by atoms with E-state index in [-0.39, 0.29) is 5.04 Å². The molecule has 0 aliphatic carbocycles. The van der Waals surface area contributed by atoms with Gasteiger partial charge in [-0.3, -0.25) is 0 Å². The van der Waals surface area contributed by atoms with Crippen molar-refractivity contribution in [3.8, 4) is 0 Å². The third kappa shape index (κ3) is 7.58. The van der Waals surface area contributed by atoms with Crippen molar-refractivity contribution < 1.29 is 32.9 Å². The van der Waals surface area contributed by atoms with Crippen LogP contribution in [0.5, 0.6) is 0 Å². The summed E-state index contributed by atoms with van der Waals surface area (Å²) in [6.07, 6.45) is -2.16. The lowest BCUT2D eigenvalue weighted by atomic mass is 9.98. The summed E-state index contributed by atoms with van der Waals surface area (Å²) in [7, 11) is 1.31. The van der Waals surface area contributed by atoms with E-state index in [0.717, 1.165) is 6.42 Å². The normalized spacial score (nSPS) is 26.2. The Bertz CT molecular complexity index is 725. The Morgan fingerprint density at radius 3 is 2.24 bits per heavy atom. The standard InChI is InChI=1S/C24H39BrO7Si/c1-24(2,3)33(6,7)30-15-11-14-29-20-19(32-22(26)17-12-9-8-10-13-17)18(16-25)31-23(28-5)21(20)27-4/h8-10,12-13,18-21,23H,11,14-16H2,1-7H3/t18-,19-,20-,21+,23+/m1/s1. The maximum atomic E-state index is 12.8. The lowest BCUT2D eigenvalue weighted by molar-refractivity contribution is -0.297. The van der Waals surface area contributed by atoms with Crippen LogP contribution in [0.15, 0.2) is 30.3 Å². The molecule has 0 amide bonds. The second-order valence-corrected chi connectivity index (χ2v) is 15.1. The van der Waals surface area contributed by atoms with Crippen LogP contribution in [0.1, 0.15) is 37.6 Å². The van der Waals surface area contributed by atoms with Crippen molar-refractivity contribution in [3.05, 3.63) is 35.9 Å². The first kappa shape index (κ1) is 28.4. The van der Waals surface area contributed by atoms with Crippen LogP contribution >= 0.6 is 15.9 Å². The number of alkyl halides is 1. The van der Waals surface area contributed by atoms with Crippen LogP contribution in [0.4, 0.5) is 0 Å². The summed E-state index contributed by atoms with van der Waals surface area (Å²) in [6.45, 7) is 12.2. The van der Waals surface area contributed by atoms with Crippen LogP contribution in [-0.2, 0) is 28.1 Å². The minimum absolute atomic E-state index is 0.154. The van der Waals surface area contributed by atoms with E-state index in [2.05, 4.69) is 49.8 Å². The second kappa shape index (κ2) is 12.8. The zero-order valence-electron chi connectivity index (χ0n) is 20.8. The third-order valence-corrected chi connectivity index (χ3v) is 11.5. The van der Waals surface area contributed by atoms with Crippen molar-refractivity contribution in [3.63, 3.8) is 0 Å². The highest BCUT2D eigenvalue weighted by atomic mass is 79.9. The van der Waals surface area contributed by atoms with Gasteiger partial charge in [-0.25, -0.2) is 4.79 Å². The minimum Gasteiger partial charge on any atom is -0.453 e. The van der Waals surface area contributed by atoms with E-state index in [1.807, 2.05) is 6.07 Å². The fraction of sp³-hybridized carbons (Fsp3) is 0.708. The summed E-state index contributed by atoms with van der Waals surface area (Å²) < 4.78 is 35.6. The van der Waals surface area contributed by atoms with Crippen molar-refractivity contribution in [2.45, 2.75) is 76.0 Å². The molecular formula is C24H39BrO7Si. The number of rotatable bonds is 11. The van der Waals surface area contributed by atoms with E-state index < -0.39 is 45.0 Å². The number of halogens is 1. The number of carbonyl (C=O) groups excluding carboxylic acids is 1. The Kier molecular flexibility index (Phi) is 11.0. The van der Waals surface area contributed by atoms with E-state index in [9.17, 15) is 4.79 Å². The van der Waals surface area contributed by atoms with Gasteiger partial charge in [-0.2, -0.15) is 0 Å². The van der Waals surface area contributed by atoms with Crippen LogP contribution < -0.4 is 0 Å². The topological polar surface area (TPSA) is 72.5 Å². The predicted molar refractivity (Wildman–Crippen MR) is 133 cm³/mol. The summed E-state index contributed by atoms with van der Waals surface area (Å²) >= 11 is 3.47. The fourth-order valence-corrected chi connectivity index (χ4v) is 4.97. The van der Waals surface area contributed by atoms with Crippen molar-refractivity contribution in [2.24, 2.45) is 0 Å². The molecule has 1 aliphatic heterocycles. The van der Waals surface area contributed by atoms with Crippen LogP contribution in [-0.4, -0.2) is 77.8 Å². The average molecular weight is 548 g/mol. The molecular weight excluding hydrogens is 508 g/mol. The summed E-state index contributed by atoms with van der Waals surface area (Å²) in [5.74, 6) is -0.435. The third-order valence-electron chi connectivity index (χ3n) is 6.37. The molecule has 0 saturated carbocycles. The Morgan fingerprint density at radius 2 is 1.70 bits per heavy atom. The monoisotopic (exact) mass is 546 g/mol. The maximum Gasteiger partial charge on any atom is 0.338 e. The van der Waals surface area contributed by atoms with E-state index in [1.54, 1.807) is 38.5 Å². The predicted octanol–water partition coefficient (Wildman–Crippen LogP) is 4.79. The first-order chi connectivity index (χ1) is 15.6. The van der Waals surface area contributed by atoms with E-state index in [4.69, 9.17) is 28.1 Å². The zero-order valence-corrected chi connectivity index (χ0v) is 23.4. The van der Waals surface area contributed by atoms with Gasteiger partial charge in [0.25, 0.3) is 0 Å². The minimum atomic E-state index is -1.82. The molecule has 188 valence electrons. The number of benzene rings is 1. The first-order valence-corrected chi connectivity index (χ1v) is 15.4. The molecule has 0 spiro atoms. The van der Waals surface area contributed by atoms with Gasteiger partial charge in [-0.05, 0) is 36.7 Å². The van der Waals surface area contributed by atoms with Gasteiger partial charge in [0.05, 0.1) is 5.56 Å². The van der Waals surface area contributed by atoms with Gasteiger partial charge in [-0.15, -0.1) is 0 Å². The van der Waals surface area contributed by atoms with Crippen molar-refractivity contribution in [1.29, 1.82) is 0 Å². The molecule has 1 aromatic rings. The number of ether oxygens (including phenoxy) is 5. The van der Waals surface area contributed by atoms with Crippen LogP contribution in [0.25, 0.3) is 0 Å². The number of methoxy groups -OCH3 is 2. The first-order valence-electron chi connectivity index (χ1n) is 11.3. The largest absolute Gasteiger partial charge is 0.453 e. The van der Waals surface area contributed by atoms with Gasteiger partial charge in [0, 0.05) is 32.8 Å². The molecule has 1 fully saturated rings. The zero-order chi connectivity index (χ0) is 24.6. The summed E-state index contributed by atoms with van der Waals surface area (Å²) in [5, 5.41) is 0.603. The Hall–Kier alpha value is -0.813. The van der Waals surface area contributed by atoms with Gasteiger partial charge in [0.2, 0.25) is 0 Å². The van der Waals surface area contributed by atoms with Gasteiger partial charge in [0.1, 0.15) is 18.3 Å². The van der Waals surface area contributed by atoms with Crippen molar-refractivity contribution in [2.75, 3.05) is 32.8 Å². The quantitative estimate of drug-likeness (QED) is 0.171. The molecule has 1 saturated heterocycles. The SMILES string of the molecule is CO[C@H]1O[C@H](CBr)[C@@H](OC(=O)c2ccccc2)[C@@H](OCCCO[Si](C)(C)C(C)(C)C)[C@@H]1OC. The van der Waals surface area contributed by atoms with Crippen molar-refractivity contribution in [1.82, 2.24) is 0 Å². The molecule has 0 bridgehead atoms. The molecule has 1 aliphatic rings. The number of carbonyl (C=O) groups is 1. The Labute approximate surface area is 207 Å². The Balaban J connectivity index is 2.09. The maximum absolute atomic E-state index is 12.8. The van der Waals surface area contributed by atoms with Crippen LogP contribution in [0.2, 0.25) is 18.1 Å². The van der Waals surface area contributed by atoms with E-state index in [0.29, 0.717) is 24.1 Å². The van der Waals surface area contributed by atoms with Gasteiger partial charge in [-0.1, -0.05) is 54.9 Å². The fourth-order valence-electron chi connectivity index (χ4n) is 3.36. The summed E-state index contributed by atoms with van der Waals surface area (Å²) in [4.78, 5) is 12.8. The number of esters is 1. The highest BCUT2D eigenvalue weighted by Gasteiger charge is 2.49. The smallest absolute Gasteiger partial charge is 0.338 e. The molecule has 0 unspecified atom stereocenters. The second-order valence-electron chi connectivity index (χ2n) is 9.67. The van der Waals surface area contributed by atoms with Crippen LogP contribution in [0.3, 0.4) is 0 Å². The van der Waals surface area contributed by atoms with Gasteiger partial charge < -0.3 is 28.1 Å². The highest BCUT2D eigenvalue weighted by molar-refractivity contribution is 9.09. The molecule has 1 aromatic carbocycles. The summed E-state index contributed by atoms with van der Waals surface area (Å²) in [5.41, 5.74) is 0.468. The van der Waals surface area contributed by atoms with Crippen LogP contribution in [0, 0.1) is 0 Å². The molecule has 2 rings (SSSR count). The number of hydrogen-bond acceptors (Lipinski definition) is 7. The highest BCUT2D eigenvalue weighted by Crippen LogP contribution is 2.36.